The van der Waals surface area contributed by atoms with Crippen LogP contribution in [0.1, 0.15) is 34.6 Å². The van der Waals surface area contributed by atoms with Crippen LogP contribution in [-0.2, 0) is 4.79 Å². The number of amides is 2. The van der Waals surface area contributed by atoms with Crippen molar-refractivity contribution < 1.29 is 19.8 Å². The Morgan fingerprint density at radius 1 is 1.17 bits per heavy atom. The fraction of sp³-hybridized carbons (Fsp3) is 0.833. The van der Waals surface area contributed by atoms with E-state index in [1.54, 1.807) is 4.90 Å². The topological polar surface area (TPSA) is 89.9 Å². The van der Waals surface area contributed by atoms with E-state index in [1.807, 2.05) is 27.7 Å². The van der Waals surface area contributed by atoms with Crippen molar-refractivity contribution in [2.75, 3.05) is 6.54 Å². The molecule has 0 aromatic heterocycles. The van der Waals surface area contributed by atoms with E-state index in [0.717, 1.165) is 0 Å². The quantitative estimate of drug-likeness (QED) is 0.661. The first-order valence-corrected chi connectivity index (χ1v) is 6.14. The normalized spacial score (nSPS) is 14.4. The average Bonchev–Trinajstić information content (AvgIpc) is 2.20. The van der Waals surface area contributed by atoms with Gasteiger partial charge < -0.3 is 20.4 Å². The molecule has 0 saturated carbocycles. The molecular weight excluding hydrogens is 236 g/mol. The Balaban J connectivity index is 4.72. The number of nitrogens with zero attached hydrogens (tertiary/aromatic N) is 1. The van der Waals surface area contributed by atoms with E-state index in [-0.39, 0.29) is 12.0 Å². The first-order valence-electron chi connectivity index (χ1n) is 6.14. The van der Waals surface area contributed by atoms with Gasteiger partial charge in [0.05, 0.1) is 6.10 Å². The van der Waals surface area contributed by atoms with Gasteiger partial charge in [-0.05, 0) is 26.7 Å². The van der Waals surface area contributed by atoms with Crippen molar-refractivity contribution >= 4 is 12.0 Å². The molecule has 0 aromatic rings. The molecule has 0 fully saturated rings. The third kappa shape index (κ3) is 5.35. The minimum absolute atomic E-state index is 0.0316. The van der Waals surface area contributed by atoms with Crippen molar-refractivity contribution in [3.8, 4) is 0 Å². The van der Waals surface area contributed by atoms with Gasteiger partial charge >= 0.3 is 12.0 Å². The largest absolute Gasteiger partial charge is 0.480 e. The summed E-state index contributed by atoms with van der Waals surface area (Å²) in [6.45, 7) is 9.55. The zero-order valence-electron chi connectivity index (χ0n) is 11.7. The van der Waals surface area contributed by atoms with Gasteiger partial charge in [-0.3, -0.25) is 0 Å². The molecule has 0 aliphatic heterocycles. The lowest BCUT2D eigenvalue weighted by molar-refractivity contribution is -0.141. The summed E-state index contributed by atoms with van der Waals surface area (Å²) in [5.41, 5.74) is 0. The molecule has 0 rings (SSSR count). The van der Waals surface area contributed by atoms with Crippen LogP contribution in [0, 0.1) is 5.92 Å². The van der Waals surface area contributed by atoms with Crippen molar-refractivity contribution in [2.24, 2.45) is 5.92 Å². The Bertz CT molecular complexity index is 290. The molecule has 3 N–H and O–H groups in total. The number of carbonyl (C=O) groups is 2. The molecule has 2 amide bonds. The van der Waals surface area contributed by atoms with E-state index >= 15 is 0 Å². The van der Waals surface area contributed by atoms with Crippen LogP contribution >= 0.6 is 0 Å². The van der Waals surface area contributed by atoms with Gasteiger partial charge in [0.25, 0.3) is 0 Å². The Kier molecular flexibility index (Phi) is 6.68. The van der Waals surface area contributed by atoms with Crippen molar-refractivity contribution in [2.45, 2.75) is 52.8 Å². The number of carboxylic acid groups (broad SMARTS) is 1. The summed E-state index contributed by atoms with van der Waals surface area (Å²) < 4.78 is 0. The summed E-state index contributed by atoms with van der Waals surface area (Å²) in [7, 11) is 0. The van der Waals surface area contributed by atoms with Gasteiger partial charge in [-0.25, -0.2) is 9.59 Å². The standard InChI is InChI=1S/C12H24N2O4/c1-7(2)6-14(8(3)4)12(18)13-10(9(5)15)11(16)17/h7-10,15H,6H2,1-5H3,(H,13,18)(H,16,17). The fourth-order valence-corrected chi connectivity index (χ4v) is 1.53. The first-order chi connectivity index (χ1) is 8.16. The number of aliphatic carboxylic acids is 1. The molecule has 0 heterocycles. The molecule has 0 aliphatic carbocycles. The van der Waals surface area contributed by atoms with Gasteiger partial charge in [0.2, 0.25) is 0 Å². The molecule has 0 saturated heterocycles. The highest BCUT2D eigenvalue weighted by molar-refractivity contribution is 5.83. The van der Waals surface area contributed by atoms with Crippen LogP contribution in [0.2, 0.25) is 0 Å². The molecular formula is C12H24N2O4. The van der Waals surface area contributed by atoms with Crippen LogP contribution in [0.4, 0.5) is 4.79 Å². The summed E-state index contributed by atoms with van der Waals surface area (Å²) in [6, 6.07) is -1.78. The number of nitrogens with one attached hydrogen (secondary N) is 1. The Morgan fingerprint density at radius 3 is 1.94 bits per heavy atom. The highest BCUT2D eigenvalue weighted by Gasteiger charge is 2.28. The number of urea groups is 1. The van der Waals surface area contributed by atoms with Crippen molar-refractivity contribution in [1.29, 1.82) is 0 Å². The van der Waals surface area contributed by atoms with E-state index in [0.29, 0.717) is 6.54 Å². The van der Waals surface area contributed by atoms with Crippen LogP contribution in [0.5, 0.6) is 0 Å². The number of aliphatic hydroxyl groups excluding tert-OH is 1. The molecule has 0 radical (unpaired) electrons. The molecule has 2 atom stereocenters. The number of rotatable bonds is 6. The summed E-state index contributed by atoms with van der Waals surface area (Å²) in [5, 5.41) is 20.6. The molecule has 0 aliphatic rings. The molecule has 2 unspecified atom stereocenters. The number of carboxylic acids is 1. The summed E-state index contributed by atoms with van der Waals surface area (Å²) in [4.78, 5) is 24.4. The molecule has 0 aromatic carbocycles. The second-order valence-corrected chi connectivity index (χ2v) is 5.15. The third-order valence-corrected chi connectivity index (χ3v) is 2.47. The maximum Gasteiger partial charge on any atom is 0.328 e. The fourth-order valence-electron chi connectivity index (χ4n) is 1.53. The van der Waals surface area contributed by atoms with Crippen LogP contribution < -0.4 is 5.32 Å². The number of carbonyl (C=O) groups excluding carboxylic acids is 1. The molecule has 0 bridgehead atoms. The summed E-state index contributed by atoms with van der Waals surface area (Å²) in [6.07, 6.45) is -1.14. The van der Waals surface area contributed by atoms with Crippen molar-refractivity contribution in [1.82, 2.24) is 10.2 Å². The summed E-state index contributed by atoms with van der Waals surface area (Å²) >= 11 is 0. The smallest absolute Gasteiger partial charge is 0.328 e. The van der Waals surface area contributed by atoms with Crippen LogP contribution in [-0.4, -0.2) is 51.8 Å². The maximum atomic E-state index is 12.0. The molecule has 6 heteroatoms. The number of aliphatic hydroxyl groups is 1. The third-order valence-electron chi connectivity index (χ3n) is 2.47. The lowest BCUT2D eigenvalue weighted by Gasteiger charge is -2.30. The molecule has 0 spiro atoms. The minimum Gasteiger partial charge on any atom is -0.480 e. The predicted molar refractivity (Wildman–Crippen MR) is 68.3 cm³/mol. The van der Waals surface area contributed by atoms with Gasteiger partial charge in [-0.1, -0.05) is 13.8 Å². The van der Waals surface area contributed by atoms with Crippen molar-refractivity contribution in [3.63, 3.8) is 0 Å². The second-order valence-electron chi connectivity index (χ2n) is 5.15. The SMILES string of the molecule is CC(C)CN(C(=O)NC(C(=O)O)C(C)O)C(C)C. The van der Waals surface area contributed by atoms with Gasteiger partial charge in [0, 0.05) is 12.6 Å². The summed E-state index contributed by atoms with van der Waals surface area (Å²) in [5.74, 6) is -0.959. The van der Waals surface area contributed by atoms with Crippen LogP contribution in [0.25, 0.3) is 0 Å². The Morgan fingerprint density at radius 2 is 1.67 bits per heavy atom. The predicted octanol–water partition coefficient (Wildman–Crippen LogP) is 0.896. The highest BCUT2D eigenvalue weighted by Crippen LogP contribution is 2.06. The minimum atomic E-state index is -1.29. The first kappa shape index (κ1) is 16.7. The zero-order chi connectivity index (χ0) is 14.5. The monoisotopic (exact) mass is 260 g/mol. The highest BCUT2D eigenvalue weighted by atomic mass is 16.4. The van der Waals surface area contributed by atoms with Gasteiger partial charge in [0.1, 0.15) is 0 Å². The number of hydrogen-bond donors (Lipinski definition) is 3. The van der Waals surface area contributed by atoms with E-state index in [4.69, 9.17) is 5.11 Å². The van der Waals surface area contributed by atoms with Gasteiger partial charge in [-0.15, -0.1) is 0 Å². The molecule has 18 heavy (non-hydrogen) atoms. The van der Waals surface area contributed by atoms with E-state index in [1.165, 1.54) is 6.92 Å². The maximum absolute atomic E-state index is 12.0. The van der Waals surface area contributed by atoms with Crippen molar-refractivity contribution in [3.05, 3.63) is 0 Å². The lowest BCUT2D eigenvalue weighted by Crippen LogP contribution is -2.54. The lowest BCUT2D eigenvalue weighted by atomic mass is 10.1. The second kappa shape index (κ2) is 7.20. The Hall–Kier alpha value is -1.30. The van der Waals surface area contributed by atoms with Crippen LogP contribution in [0.3, 0.4) is 0 Å². The molecule has 106 valence electrons. The van der Waals surface area contributed by atoms with Gasteiger partial charge in [0.15, 0.2) is 6.04 Å². The van der Waals surface area contributed by atoms with Gasteiger partial charge in [-0.2, -0.15) is 0 Å². The zero-order valence-corrected chi connectivity index (χ0v) is 11.7. The van der Waals surface area contributed by atoms with E-state index in [2.05, 4.69) is 5.32 Å². The Labute approximate surface area is 108 Å². The van der Waals surface area contributed by atoms with Crippen LogP contribution in [0.15, 0.2) is 0 Å². The number of hydrogen-bond acceptors (Lipinski definition) is 3. The van der Waals surface area contributed by atoms with E-state index < -0.39 is 24.1 Å². The van der Waals surface area contributed by atoms with E-state index in [9.17, 15) is 14.7 Å². The average molecular weight is 260 g/mol. The molecule has 6 nitrogen and oxygen atoms in total.